The minimum Gasteiger partial charge on any atom is -0.329 e. The molecule has 2 saturated heterocycles. The van der Waals surface area contributed by atoms with Gasteiger partial charge >= 0.3 is 0 Å². The number of rotatable bonds is 4. The summed E-state index contributed by atoms with van der Waals surface area (Å²) >= 11 is 0. The summed E-state index contributed by atoms with van der Waals surface area (Å²) in [7, 11) is 4.52. The summed E-state index contributed by atoms with van der Waals surface area (Å²) in [4.78, 5) is 9.16. The fraction of sp³-hybridized carbons (Fsp3) is 0.688. The van der Waals surface area contributed by atoms with Crippen LogP contribution in [-0.2, 0) is 6.54 Å². The van der Waals surface area contributed by atoms with Crippen LogP contribution in [0.1, 0.15) is 31.2 Å². The maximum atomic E-state index is 6.22. The second-order valence-electron chi connectivity index (χ2n) is 6.60. The monoisotopic (exact) mass is 274 g/mol. The van der Waals surface area contributed by atoms with Crippen LogP contribution in [0.3, 0.4) is 0 Å². The molecule has 2 aliphatic rings. The van der Waals surface area contributed by atoms with Gasteiger partial charge in [0.15, 0.2) is 0 Å². The molecule has 20 heavy (non-hydrogen) atoms. The summed E-state index contributed by atoms with van der Waals surface area (Å²) in [5, 5.41) is 0. The molecule has 110 valence electrons. The number of hydrogen-bond donors (Lipinski definition) is 1. The predicted molar refractivity (Wildman–Crippen MR) is 81.3 cm³/mol. The van der Waals surface area contributed by atoms with E-state index >= 15 is 0 Å². The molecule has 0 amide bonds. The molecule has 3 rings (SSSR count). The first-order chi connectivity index (χ1) is 9.64. The molecule has 1 aromatic rings. The second-order valence-corrected chi connectivity index (χ2v) is 6.60. The molecule has 2 fully saturated rings. The van der Waals surface area contributed by atoms with E-state index in [1.54, 1.807) is 0 Å². The van der Waals surface area contributed by atoms with Crippen LogP contribution in [0, 0.1) is 0 Å². The van der Waals surface area contributed by atoms with Crippen molar-refractivity contribution in [3.63, 3.8) is 0 Å². The molecule has 2 N–H and O–H groups in total. The van der Waals surface area contributed by atoms with Gasteiger partial charge in [0, 0.05) is 43.1 Å². The highest BCUT2D eigenvalue weighted by molar-refractivity contribution is 5.12. The zero-order valence-electron chi connectivity index (χ0n) is 12.6. The highest BCUT2D eigenvalue weighted by Crippen LogP contribution is 2.42. The van der Waals surface area contributed by atoms with E-state index in [0.717, 1.165) is 25.2 Å². The Kier molecular flexibility index (Phi) is 3.80. The molecule has 4 nitrogen and oxygen atoms in total. The zero-order valence-corrected chi connectivity index (χ0v) is 12.6. The van der Waals surface area contributed by atoms with Crippen LogP contribution in [0.25, 0.3) is 0 Å². The lowest BCUT2D eigenvalue weighted by atomic mass is 9.81. The van der Waals surface area contributed by atoms with Gasteiger partial charge in [0.2, 0.25) is 0 Å². The highest BCUT2D eigenvalue weighted by Gasteiger charge is 2.47. The van der Waals surface area contributed by atoms with E-state index in [1.807, 2.05) is 12.4 Å². The van der Waals surface area contributed by atoms with Gasteiger partial charge in [-0.2, -0.15) is 0 Å². The van der Waals surface area contributed by atoms with Crippen molar-refractivity contribution < 1.29 is 0 Å². The first kappa shape index (κ1) is 14.0. The van der Waals surface area contributed by atoms with Gasteiger partial charge in [-0.1, -0.05) is 0 Å². The van der Waals surface area contributed by atoms with Gasteiger partial charge in [-0.3, -0.25) is 9.88 Å². The average Bonchev–Trinajstić information content (AvgIpc) is 2.70. The van der Waals surface area contributed by atoms with Gasteiger partial charge in [-0.15, -0.1) is 0 Å². The molecule has 0 radical (unpaired) electrons. The molecule has 2 atom stereocenters. The van der Waals surface area contributed by atoms with E-state index in [0.29, 0.717) is 0 Å². The summed E-state index contributed by atoms with van der Waals surface area (Å²) in [5.74, 6) is 0. The quantitative estimate of drug-likeness (QED) is 0.903. The van der Waals surface area contributed by atoms with Crippen molar-refractivity contribution in [1.29, 1.82) is 0 Å². The molecule has 4 heteroatoms. The number of aromatic nitrogens is 1. The lowest BCUT2D eigenvalue weighted by Gasteiger charge is -2.50. The Balaban J connectivity index is 1.76. The van der Waals surface area contributed by atoms with Crippen LogP contribution in [0.2, 0.25) is 0 Å². The van der Waals surface area contributed by atoms with Gasteiger partial charge in [-0.25, -0.2) is 0 Å². The van der Waals surface area contributed by atoms with Crippen molar-refractivity contribution in [1.82, 2.24) is 14.8 Å². The van der Waals surface area contributed by atoms with Crippen molar-refractivity contribution >= 4 is 0 Å². The number of hydrogen-bond acceptors (Lipinski definition) is 4. The lowest BCUT2D eigenvalue weighted by molar-refractivity contribution is 0.0118. The Morgan fingerprint density at radius 1 is 1.30 bits per heavy atom. The zero-order chi connectivity index (χ0) is 14.2. The molecule has 0 aliphatic carbocycles. The normalized spacial score (nSPS) is 33.8. The van der Waals surface area contributed by atoms with Crippen molar-refractivity contribution in [2.75, 3.05) is 20.6 Å². The van der Waals surface area contributed by atoms with E-state index in [1.165, 1.54) is 31.2 Å². The van der Waals surface area contributed by atoms with Crippen molar-refractivity contribution in [3.05, 3.63) is 30.1 Å². The number of piperidine rings is 1. The average molecular weight is 274 g/mol. The molecule has 2 bridgehead atoms. The topological polar surface area (TPSA) is 45.4 Å². The Morgan fingerprint density at radius 2 is 1.90 bits per heavy atom. The van der Waals surface area contributed by atoms with Gasteiger partial charge < -0.3 is 10.6 Å². The Bertz CT molecular complexity index is 433. The molecular weight excluding hydrogens is 248 g/mol. The third-order valence-corrected chi connectivity index (χ3v) is 5.58. The molecular formula is C16H26N4. The molecule has 2 aliphatic heterocycles. The van der Waals surface area contributed by atoms with Crippen molar-refractivity contribution in [2.24, 2.45) is 5.73 Å². The van der Waals surface area contributed by atoms with E-state index in [2.05, 4.69) is 41.0 Å². The summed E-state index contributed by atoms with van der Waals surface area (Å²) in [6.45, 7) is 1.72. The van der Waals surface area contributed by atoms with Gasteiger partial charge in [0.1, 0.15) is 0 Å². The van der Waals surface area contributed by atoms with E-state index in [4.69, 9.17) is 5.73 Å². The largest absolute Gasteiger partial charge is 0.329 e. The third-order valence-electron chi connectivity index (χ3n) is 5.58. The first-order valence-electron chi connectivity index (χ1n) is 7.67. The van der Waals surface area contributed by atoms with E-state index in [-0.39, 0.29) is 5.54 Å². The maximum absolute atomic E-state index is 6.22. The Morgan fingerprint density at radius 3 is 2.45 bits per heavy atom. The van der Waals surface area contributed by atoms with Crippen molar-refractivity contribution in [2.45, 2.75) is 49.9 Å². The number of nitrogens with zero attached hydrogens (tertiary/aromatic N) is 3. The minimum absolute atomic E-state index is 0.168. The molecule has 0 saturated carbocycles. The molecule has 0 aromatic carbocycles. The Labute approximate surface area is 122 Å². The fourth-order valence-corrected chi connectivity index (χ4v) is 4.11. The maximum Gasteiger partial charge on any atom is 0.0361 e. The SMILES string of the molecule is CN1C2CCC1CC(CN)(N(C)Cc1ccncc1)C2. The van der Waals surface area contributed by atoms with Crippen LogP contribution in [-0.4, -0.2) is 53.0 Å². The van der Waals surface area contributed by atoms with Crippen LogP contribution in [0.4, 0.5) is 0 Å². The number of likely N-dealkylation sites (N-methyl/N-ethyl adjacent to an activating group) is 1. The highest BCUT2D eigenvalue weighted by atomic mass is 15.3. The van der Waals surface area contributed by atoms with Crippen molar-refractivity contribution in [3.8, 4) is 0 Å². The third kappa shape index (κ3) is 2.36. The van der Waals surface area contributed by atoms with E-state index in [9.17, 15) is 0 Å². The summed E-state index contributed by atoms with van der Waals surface area (Å²) in [6, 6.07) is 5.64. The second kappa shape index (κ2) is 5.43. The van der Waals surface area contributed by atoms with E-state index < -0.39 is 0 Å². The molecule has 1 aromatic heterocycles. The smallest absolute Gasteiger partial charge is 0.0361 e. The van der Waals surface area contributed by atoms with Gasteiger partial charge in [0.25, 0.3) is 0 Å². The number of nitrogens with two attached hydrogens (primary N) is 1. The minimum atomic E-state index is 0.168. The van der Waals surface area contributed by atoms with Crippen LogP contribution in [0.5, 0.6) is 0 Å². The summed E-state index contributed by atoms with van der Waals surface area (Å²) in [6.07, 6.45) is 8.83. The van der Waals surface area contributed by atoms with Gasteiger partial charge in [-0.05, 0) is 57.5 Å². The first-order valence-corrected chi connectivity index (χ1v) is 7.67. The predicted octanol–water partition coefficient (Wildman–Crippen LogP) is 1.47. The summed E-state index contributed by atoms with van der Waals surface area (Å²) in [5.41, 5.74) is 7.71. The Hall–Kier alpha value is -0.970. The van der Waals surface area contributed by atoms with Crippen LogP contribution in [0.15, 0.2) is 24.5 Å². The van der Waals surface area contributed by atoms with Crippen LogP contribution < -0.4 is 5.73 Å². The molecule has 3 heterocycles. The fourth-order valence-electron chi connectivity index (χ4n) is 4.11. The summed E-state index contributed by atoms with van der Waals surface area (Å²) < 4.78 is 0. The number of pyridine rings is 1. The lowest BCUT2D eigenvalue weighted by Crippen LogP contribution is -2.60. The number of fused-ring (bicyclic) bond motifs is 2. The molecule has 2 unspecified atom stereocenters. The standard InChI is InChI=1S/C16H26N4/c1-19(11-13-5-7-18-8-6-13)16(12-17)9-14-3-4-15(10-16)20(14)2/h5-8,14-15H,3-4,9-12,17H2,1-2H3. The van der Waals surface area contributed by atoms with Crippen LogP contribution >= 0.6 is 0 Å². The van der Waals surface area contributed by atoms with Gasteiger partial charge in [0.05, 0.1) is 0 Å². The molecule has 0 spiro atoms.